The van der Waals surface area contributed by atoms with Crippen LogP contribution in [0.4, 0.5) is 0 Å². The zero-order valence-corrected chi connectivity index (χ0v) is 47.8. The van der Waals surface area contributed by atoms with Gasteiger partial charge in [-0.15, -0.1) is 0 Å². The molecule has 13 heteroatoms. The molecule has 3 rings (SSSR count). The van der Waals surface area contributed by atoms with Gasteiger partial charge in [0.15, 0.2) is 0 Å². The number of Topliss-reactive ketones (excluding diaryl/α,β-unsaturated/α-hetero) is 1. The number of carbonyl (C=O) groups is 1. The fraction of sp³-hybridized carbons (Fsp3) is 0.851. The first-order valence-electron chi connectivity index (χ1n) is 23.5. The minimum atomic E-state index is -2.13. The van der Waals surface area contributed by atoms with Gasteiger partial charge in [0.25, 0.3) is 0 Å². The Labute approximate surface area is 385 Å². The summed E-state index contributed by atoms with van der Waals surface area (Å²) in [5.41, 5.74) is 1.20. The normalized spacial score (nSPS) is 29.4. The summed E-state index contributed by atoms with van der Waals surface area (Å²) in [6, 6.07) is 6.61. The van der Waals surface area contributed by atoms with Gasteiger partial charge in [0, 0.05) is 0 Å². The number of fused-ring (bicyclic) bond motifs is 1. The Morgan fingerprint density at radius 3 is 2.08 bits per heavy atom. The number of aromatic nitrogens is 1. The van der Waals surface area contributed by atoms with Crippen LogP contribution in [-0.4, -0.2) is 94.2 Å². The van der Waals surface area contributed by atoms with Crippen molar-refractivity contribution < 1.29 is 45.4 Å². The molecule has 60 heavy (non-hydrogen) atoms. The summed E-state index contributed by atoms with van der Waals surface area (Å²) in [4.78, 5) is 22.7. The Hall–Kier alpha value is -0.0730. The number of hydrogen-bond acceptors (Lipinski definition) is 9. The summed E-state index contributed by atoms with van der Waals surface area (Å²) in [7, 11) is -6.06. The summed E-state index contributed by atoms with van der Waals surface area (Å²) < 4.78 is 35.6. The van der Waals surface area contributed by atoms with Crippen molar-refractivity contribution in [3.63, 3.8) is 0 Å². The predicted molar refractivity (Wildman–Crippen MR) is 258 cm³/mol. The van der Waals surface area contributed by atoms with Crippen molar-refractivity contribution in [2.24, 2.45) is 17.3 Å². The standard InChI is InChI=1S/C47H88N2O6SSi3.Os/c1-19-58(20-2,21-3)54-41-27-30-51-39(36(8)32-38-34-52-44(48-38)56-16)33-40-47(15,49(40)29-31-53-57(17,18)45(10,11)12)28-25-26-35(7)42(37(9)43(50)46(41,13)14)55-59(22-4,23-5)24-6;/h32,34-35,37,39-42H,19-29,31,33H2,1-18H3;/b36-32+;/t35-,37+,39-,40-,41-,42-,47+,49?;/m0./s1. The van der Waals surface area contributed by atoms with Crippen molar-refractivity contribution in [3.8, 4) is 0 Å². The van der Waals surface area contributed by atoms with Crippen LogP contribution < -0.4 is 0 Å². The average Bonchev–Trinajstić information content (AvgIpc) is 3.47. The predicted octanol–water partition coefficient (Wildman–Crippen LogP) is 12.9. The summed E-state index contributed by atoms with van der Waals surface area (Å²) in [5.74, 6) is 0.255. The van der Waals surface area contributed by atoms with Crippen molar-refractivity contribution >= 4 is 52.8 Å². The Balaban J connectivity index is 2.17. The zero-order valence-electron chi connectivity index (χ0n) is 41.4. The van der Waals surface area contributed by atoms with Crippen LogP contribution in [0, 0.1) is 17.3 Å². The van der Waals surface area contributed by atoms with Gasteiger partial charge in [0.1, 0.15) is 0 Å². The second-order valence-corrected chi connectivity index (χ2v) is 37.0. The number of thioether (sulfide) groups is 1. The molecule has 348 valence electrons. The molecular formula is C47H88N2O6OsSSi3. The molecule has 8 atom stereocenters. The molecule has 2 fully saturated rings. The molecule has 3 heterocycles. The Morgan fingerprint density at radius 1 is 1.00 bits per heavy atom. The second-order valence-electron chi connectivity index (χ2n) is 20.6. The van der Waals surface area contributed by atoms with Crippen LogP contribution in [0.2, 0.25) is 54.4 Å². The van der Waals surface area contributed by atoms with Crippen molar-refractivity contribution in [3.05, 3.63) is 17.5 Å². The van der Waals surface area contributed by atoms with Crippen LogP contribution >= 0.6 is 11.8 Å². The number of carbonyl (C=O) groups excluding carboxylic acids is 1. The fourth-order valence-corrected chi connectivity index (χ4v) is 17.7. The van der Waals surface area contributed by atoms with E-state index in [1.165, 1.54) is 11.8 Å². The molecular weight excluding hydrogens is 995 g/mol. The molecule has 0 amide bonds. The van der Waals surface area contributed by atoms with Crippen LogP contribution in [0.5, 0.6) is 0 Å². The summed E-state index contributed by atoms with van der Waals surface area (Å²) in [6.07, 6.45) is 9.86. The molecule has 2 aliphatic heterocycles. The monoisotopic (exact) mass is 1080 g/mol. The first-order chi connectivity index (χ1) is 27.9. The van der Waals surface area contributed by atoms with Crippen molar-refractivity contribution in [1.82, 2.24) is 9.88 Å². The van der Waals surface area contributed by atoms with Gasteiger partial charge in [-0.25, -0.2) is 0 Å². The Kier molecular flexibility index (Phi) is 20.3. The minimum absolute atomic E-state index is 0.0142. The Morgan fingerprint density at radius 2 is 1.57 bits per heavy atom. The van der Waals surface area contributed by atoms with Crippen LogP contribution in [0.1, 0.15) is 142 Å². The van der Waals surface area contributed by atoms with E-state index in [1.54, 1.807) is 6.26 Å². The van der Waals surface area contributed by atoms with Crippen LogP contribution in [0.25, 0.3) is 6.08 Å². The summed E-state index contributed by atoms with van der Waals surface area (Å²) >= 11 is 3.35. The molecule has 0 aromatic carbocycles. The number of nitrogens with zero attached hydrogens (tertiary/aromatic N) is 2. The number of hydrogen-bond donors (Lipinski definition) is 0. The van der Waals surface area contributed by atoms with E-state index in [9.17, 15) is 0 Å². The van der Waals surface area contributed by atoms with Gasteiger partial charge < -0.3 is 0 Å². The van der Waals surface area contributed by atoms with Gasteiger partial charge >= 0.3 is 388 Å². The van der Waals surface area contributed by atoms with E-state index in [2.05, 4.69) is 128 Å². The molecule has 0 N–H and O–H groups in total. The number of ketones is 1. The molecule has 0 bridgehead atoms. The molecule has 2 aliphatic rings. The summed E-state index contributed by atoms with van der Waals surface area (Å²) in [5, 5.41) is 0.820. The molecule has 0 aliphatic carbocycles. The first-order valence-corrected chi connectivity index (χ1v) is 34.0. The third-order valence-corrected chi connectivity index (χ3v) is 31.0. The third-order valence-electron chi connectivity index (χ3n) is 15.8. The molecule has 8 nitrogen and oxygen atoms in total. The molecule has 1 aromatic rings. The topological polar surface area (TPSA) is 83.0 Å². The average molecular weight is 1080 g/mol. The van der Waals surface area contributed by atoms with E-state index in [4.69, 9.17) is 27.4 Å². The van der Waals surface area contributed by atoms with Gasteiger partial charge in [-0.3, -0.25) is 0 Å². The molecule has 2 saturated heterocycles. The van der Waals surface area contributed by atoms with Gasteiger partial charge in [0.05, 0.1) is 0 Å². The quantitative estimate of drug-likeness (QED) is 0.0860. The molecule has 0 spiro atoms. The van der Waals surface area contributed by atoms with Crippen molar-refractivity contribution in [1.29, 1.82) is 0 Å². The Bertz CT molecular complexity index is 1560. The summed E-state index contributed by atoms with van der Waals surface area (Å²) in [6.45, 7) is 40.5. The molecule has 1 unspecified atom stereocenters. The molecule has 0 saturated carbocycles. The van der Waals surface area contributed by atoms with E-state index in [-0.39, 0.29) is 46.5 Å². The first kappa shape index (κ1) is 54.3. The zero-order chi connectivity index (χ0) is 45.5. The van der Waals surface area contributed by atoms with Gasteiger partial charge in [0.2, 0.25) is 0 Å². The van der Waals surface area contributed by atoms with Gasteiger partial charge in [-0.05, 0) is 0 Å². The van der Waals surface area contributed by atoms with Crippen molar-refractivity contribution in [2.75, 3.05) is 19.4 Å². The number of ether oxygens (including phenoxy) is 1. The van der Waals surface area contributed by atoms with E-state index in [1.807, 2.05) is 24.4 Å². The van der Waals surface area contributed by atoms with Crippen LogP contribution in [0.3, 0.4) is 0 Å². The van der Waals surface area contributed by atoms with Crippen molar-refractivity contribution in [2.45, 2.75) is 225 Å². The van der Waals surface area contributed by atoms with E-state index in [0.717, 1.165) is 90.6 Å². The van der Waals surface area contributed by atoms with E-state index in [0.29, 0.717) is 17.7 Å². The maximum absolute atomic E-state index is 15.3. The van der Waals surface area contributed by atoms with Crippen LogP contribution in [-0.2, 0) is 41.0 Å². The number of oxazole rings is 1. The van der Waals surface area contributed by atoms with Gasteiger partial charge in [-0.1, -0.05) is 0 Å². The SMILES string of the molecule is CC[Si](CC)(CC)O[C@H]1[C@@H](C)CCC[C@]2(C)[C@H](C[C@@H](/C(C)=C/c3coc(SC)n3)O[C](=[Os])C[C@H](O[Si](CC)(CC)CC)C(C)(C)C(=O)[C@@H]1C)N2CCO[Si](C)(C)C(C)(C)C. The van der Waals surface area contributed by atoms with E-state index >= 15 is 4.79 Å². The molecule has 0 radical (unpaired) electrons. The number of rotatable bonds is 17. The third kappa shape index (κ3) is 13.1. The second kappa shape index (κ2) is 22.4. The van der Waals surface area contributed by atoms with Gasteiger partial charge in [-0.2, -0.15) is 0 Å². The molecule has 1 aromatic heterocycles. The van der Waals surface area contributed by atoms with E-state index < -0.39 is 30.4 Å². The maximum atomic E-state index is 15.3. The fourth-order valence-electron chi connectivity index (χ4n) is 9.51. The van der Waals surface area contributed by atoms with Crippen LogP contribution in [0.15, 0.2) is 21.5 Å².